The molecule has 0 spiro atoms. The molecule has 0 heterocycles. The van der Waals surface area contributed by atoms with Crippen molar-refractivity contribution in [2.24, 2.45) is 0 Å². The lowest BCUT2D eigenvalue weighted by atomic mass is 10.1. The zero-order valence-electron chi connectivity index (χ0n) is 11.5. The molecule has 1 aromatic carbocycles. The Labute approximate surface area is 120 Å². The Morgan fingerprint density at radius 3 is 2.52 bits per heavy atom. The fourth-order valence-corrected chi connectivity index (χ4v) is 1.62. The van der Waals surface area contributed by atoms with Crippen molar-refractivity contribution >= 4 is 17.6 Å². The lowest BCUT2D eigenvalue weighted by Crippen LogP contribution is -2.27. The minimum atomic E-state index is -0.771. The van der Waals surface area contributed by atoms with Crippen LogP contribution >= 0.6 is 0 Å². The van der Waals surface area contributed by atoms with E-state index in [1.165, 1.54) is 18.0 Å². The molecule has 21 heavy (non-hydrogen) atoms. The first-order valence-corrected chi connectivity index (χ1v) is 5.91. The van der Waals surface area contributed by atoms with Crippen LogP contribution in [0.5, 0.6) is 0 Å². The van der Waals surface area contributed by atoms with Crippen molar-refractivity contribution in [1.29, 1.82) is 5.26 Å². The number of esters is 1. The number of carbonyl (C=O) groups excluding carboxylic acids is 2. The van der Waals surface area contributed by atoms with Crippen molar-refractivity contribution < 1.29 is 19.2 Å². The lowest BCUT2D eigenvalue weighted by Gasteiger charge is -2.15. The van der Waals surface area contributed by atoms with Gasteiger partial charge in [0.15, 0.2) is 0 Å². The van der Waals surface area contributed by atoms with Crippen molar-refractivity contribution in [2.45, 2.75) is 6.42 Å². The third kappa shape index (κ3) is 4.01. The third-order valence-corrected chi connectivity index (χ3v) is 2.70. The summed E-state index contributed by atoms with van der Waals surface area (Å²) in [5.41, 5.74) is -0.469. The van der Waals surface area contributed by atoms with E-state index in [9.17, 15) is 19.7 Å². The fraction of sp³-hybridized carbons (Fsp3) is 0.308. The predicted molar refractivity (Wildman–Crippen MR) is 71.6 cm³/mol. The van der Waals surface area contributed by atoms with Gasteiger partial charge in [0.05, 0.1) is 30.1 Å². The van der Waals surface area contributed by atoms with Gasteiger partial charge in [-0.1, -0.05) is 0 Å². The van der Waals surface area contributed by atoms with Crippen molar-refractivity contribution in [2.75, 3.05) is 20.7 Å². The Morgan fingerprint density at radius 2 is 2.00 bits per heavy atom. The van der Waals surface area contributed by atoms with E-state index in [1.807, 2.05) is 6.07 Å². The van der Waals surface area contributed by atoms with Gasteiger partial charge in [0, 0.05) is 31.3 Å². The highest BCUT2D eigenvalue weighted by atomic mass is 16.6. The number of hydrogen-bond acceptors (Lipinski definition) is 6. The molecule has 0 aliphatic rings. The summed E-state index contributed by atoms with van der Waals surface area (Å²) >= 11 is 0. The zero-order valence-corrected chi connectivity index (χ0v) is 11.5. The maximum Gasteiger partial charge on any atom is 0.338 e. The van der Waals surface area contributed by atoms with Crippen LogP contribution in [-0.4, -0.2) is 42.4 Å². The monoisotopic (exact) mass is 291 g/mol. The number of nitro groups is 1. The van der Waals surface area contributed by atoms with Gasteiger partial charge in [-0.2, -0.15) is 5.26 Å². The molecule has 0 atom stereocenters. The van der Waals surface area contributed by atoms with E-state index in [4.69, 9.17) is 5.26 Å². The normalized spacial score (nSPS) is 9.57. The fourth-order valence-electron chi connectivity index (χ4n) is 1.62. The van der Waals surface area contributed by atoms with Crippen LogP contribution in [0.4, 0.5) is 5.69 Å². The number of nitriles is 1. The number of benzene rings is 1. The number of rotatable bonds is 5. The van der Waals surface area contributed by atoms with Crippen LogP contribution in [0.3, 0.4) is 0 Å². The molecule has 0 saturated carbocycles. The summed E-state index contributed by atoms with van der Waals surface area (Å²) in [7, 11) is 2.61. The Morgan fingerprint density at radius 1 is 1.38 bits per heavy atom. The molecule has 0 aromatic heterocycles. The van der Waals surface area contributed by atoms with Crippen molar-refractivity contribution in [3.63, 3.8) is 0 Å². The van der Waals surface area contributed by atoms with E-state index in [2.05, 4.69) is 4.74 Å². The summed E-state index contributed by atoms with van der Waals surface area (Å²) in [6, 6.07) is 5.24. The maximum atomic E-state index is 12.1. The molecule has 0 unspecified atom stereocenters. The molecule has 0 aliphatic carbocycles. The first-order valence-electron chi connectivity index (χ1n) is 5.91. The number of carbonyl (C=O) groups is 2. The summed E-state index contributed by atoms with van der Waals surface area (Å²) in [6.07, 6.45) is 0.140. The molecule has 1 rings (SSSR count). The summed E-state index contributed by atoms with van der Waals surface area (Å²) in [5, 5.41) is 19.4. The molecule has 0 fully saturated rings. The van der Waals surface area contributed by atoms with E-state index in [0.29, 0.717) is 0 Å². The molecule has 8 nitrogen and oxygen atoms in total. The molecule has 0 saturated heterocycles. The standard InChI is InChI=1S/C13H13N3O5/c1-15(5-3-4-14)12(17)9-6-10(13(18)21-2)8-11(7-9)16(19)20/h6-8H,3,5H2,1-2H3. The molecular weight excluding hydrogens is 278 g/mol. The molecular formula is C13H13N3O5. The topological polar surface area (TPSA) is 114 Å². The van der Waals surface area contributed by atoms with Crippen LogP contribution in [0, 0.1) is 21.4 Å². The average molecular weight is 291 g/mol. The maximum absolute atomic E-state index is 12.1. The van der Waals surface area contributed by atoms with Crippen LogP contribution < -0.4 is 0 Å². The van der Waals surface area contributed by atoms with Crippen LogP contribution in [-0.2, 0) is 4.74 Å². The largest absolute Gasteiger partial charge is 0.465 e. The van der Waals surface area contributed by atoms with Gasteiger partial charge in [0.1, 0.15) is 0 Å². The highest BCUT2D eigenvalue weighted by Gasteiger charge is 2.20. The Hall–Kier alpha value is -2.95. The molecule has 1 amide bonds. The van der Waals surface area contributed by atoms with E-state index >= 15 is 0 Å². The van der Waals surface area contributed by atoms with Crippen LogP contribution in [0.1, 0.15) is 27.1 Å². The number of amides is 1. The van der Waals surface area contributed by atoms with Crippen LogP contribution in [0.15, 0.2) is 18.2 Å². The first-order chi connectivity index (χ1) is 9.90. The zero-order chi connectivity index (χ0) is 16.0. The SMILES string of the molecule is COC(=O)c1cc(C(=O)N(C)CCC#N)cc([N+](=O)[O-])c1. The van der Waals surface area contributed by atoms with Crippen molar-refractivity contribution in [3.8, 4) is 6.07 Å². The summed E-state index contributed by atoms with van der Waals surface area (Å²) in [4.78, 5) is 35.0. The minimum Gasteiger partial charge on any atom is -0.465 e. The number of ether oxygens (including phenoxy) is 1. The molecule has 0 bridgehead atoms. The first kappa shape index (κ1) is 16.1. The van der Waals surface area contributed by atoms with Gasteiger partial charge in [-0.05, 0) is 6.07 Å². The van der Waals surface area contributed by atoms with Crippen molar-refractivity contribution in [3.05, 3.63) is 39.4 Å². The second kappa shape index (κ2) is 7.00. The predicted octanol–water partition coefficient (Wildman–Crippen LogP) is 1.37. The second-order valence-corrected chi connectivity index (χ2v) is 4.15. The van der Waals surface area contributed by atoms with E-state index in [-0.39, 0.29) is 29.8 Å². The number of hydrogen-bond donors (Lipinski definition) is 0. The van der Waals surface area contributed by atoms with Gasteiger partial charge < -0.3 is 9.64 Å². The van der Waals surface area contributed by atoms with E-state index < -0.39 is 16.8 Å². The highest BCUT2D eigenvalue weighted by molar-refractivity contribution is 5.98. The van der Waals surface area contributed by atoms with Gasteiger partial charge in [-0.3, -0.25) is 14.9 Å². The van der Waals surface area contributed by atoms with Crippen molar-refractivity contribution in [1.82, 2.24) is 4.90 Å². The van der Waals surface area contributed by atoms with Gasteiger partial charge in [-0.25, -0.2) is 4.79 Å². The van der Waals surface area contributed by atoms with Crippen LogP contribution in [0.25, 0.3) is 0 Å². The average Bonchev–Trinajstić information content (AvgIpc) is 2.50. The molecule has 1 aromatic rings. The highest BCUT2D eigenvalue weighted by Crippen LogP contribution is 2.19. The van der Waals surface area contributed by atoms with Gasteiger partial charge in [-0.15, -0.1) is 0 Å². The molecule has 0 N–H and O–H groups in total. The Balaban J connectivity index is 3.19. The quantitative estimate of drug-likeness (QED) is 0.460. The number of non-ortho nitro benzene ring substituents is 1. The molecule has 0 aliphatic heterocycles. The number of methoxy groups -OCH3 is 1. The summed E-state index contributed by atoms with van der Waals surface area (Å²) < 4.78 is 4.50. The molecule has 110 valence electrons. The number of nitro benzene ring substituents is 1. The molecule has 0 radical (unpaired) electrons. The van der Waals surface area contributed by atoms with Gasteiger partial charge in [0.25, 0.3) is 11.6 Å². The van der Waals surface area contributed by atoms with E-state index in [1.54, 1.807) is 0 Å². The summed E-state index contributed by atoms with van der Waals surface area (Å²) in [6.45, 7) is 0.186. The minimum absolute atomic E-state index is 0.00922. The van der Waals surface area contributed by atoms with E-state index in [0.717, 1.165) is 19.2 Å². The third-order valence-electron chi connectivity index (χ3n) is 2.70. The Bertz CT molecular complexity index is 621. The number of nitrogens with zero attached hydrogens (tertiary/aromatic N) is 3. The van der Waals surface area contributed by atoms with Gasteiger partial charge in [0.2, 0.25) is 0 Å². The smallest absolute Gasteiger partial charge is 0.338 e. The second-order valence-electron chi connectivity index (χ2n) is 4.15. The summed E-state index contributed by atoms with van der Waals surface area (Å²) in [5.74, 6) is -1.29. The lowest BCUT2D eigenvalue weighted by molar-refractivity contribution is -0.384. The van der Waals surface area contributed by atoms with Gasteiger partial charge >= 0.3 is 5.97 Å². The molecule has 8 heteroatoms. The Kier molecular flexibility index (Phi) is 5.37. The van der Waals surface area contributed by atoms with Crippen LogP contribution in [0.2, 0.25) is 0 Å².